The number of halogens is 2. The lowest BCUT2D eigenvalue weighted by Gasteiger charge is -2.19. The minimum atomic E-state index is -1.11. The first-order valence-electron chi connectivity index (χ1n) is 12.1. The van der Waals surface area contributed by atoms with E-state index < -0.39 is 12.2 Å². The molecule has 2 rings (SSSR count). The number of unbranched alkanes of at least 4 members (excludes halogenated alkanes) is 3. The Bertz CT molecular complexity index is 805. The Hall–Kier alpha value is -1.38. The van der Waals surface area contributed by atoms with E-state index in [9.17, 15) is 15.3 Å². The van der Waals surface area contributed by atoms with Crippen LogP contribution in [0.1, 0.15) is 49.3 Å². The van der Waals surface area contributed by atoms with E-state index in [2.05, 4.69) is 10.6 Å². The lowest BCUT2D eigenvalue weighted by Crippen LogP contribution is -2.32. The molecule has 0 fully saturated rings. The fraction of sp³-hybridized carbons (Fsp3) is 0.538. The van der Waals surface area contributed by atoms with E-state index in [0.717, 1.165) is 76.9 Å². The molecule has 0 aliphatic carbocycles. The quantitative estimate of drug-likeness (QED) is 0.189. The molecule has 2 aromatic rings. The molecule has 0 saturated heterocycles. The van der Waals surface area contributed by atoms with E-state index in [4.69, 9.17) is 27.9 Å². The van der Waals surface area contributed by atoms with Gasteiger partial charge in [0.05, 0.1) is 6.10 Å². The van der Waals surface area contributed by atoms with Crippen molar-refractivity contribution in [1.82, 2.24) is 10.6 Å². The molecule has 2 unspecified atom stereocenters. The van der Waals surface area contributed by atoms with Crippen LogP contribution < -0.4 is 10.6 Å². The summed E-state index contributed by atoms with van der Waals surface area (Å²) < 4.78 is 5.69. The lowest BCUT2D eigenvalue weighted by molar-refractivity contribution is 0.0178. The van der Waals surface area contributed by atoms with Crippen molar-refractivity contribution in [3.8, 4) is 5.75 Å². The summed E-state index contributed by atoms with van der Waals surface area (Å²) in [5.41, 5.74) is 1.33. The largest absolute Gasteiger partial charge is 0.508 e. The average molecular weight is 514 g/mol. The van der Waals surface area contributed by atoms with Gasteiger partial charge < -0.3 is 30.7 Å². The summed E-state index contributed by atoms with van der Waals surface area (Å²) >= 11 is 12.3. The van der Waals surface area contributed by atoms with Crippen LogP contribution >= 0.6 is 23.2 Å². The van der Waals surface area contributed by atoms with Gasteiger partial charge in [-0.1, -0.05) is 60.3 Å². The Morgan fingerprint density at radius 2 is 1.44 bits per heavy atom. The minimum Gasteiger partial charge on any atom is -0.508 e. The SMILES string of the molecule is Oc1ccccc1C(O)C(O)CNCCCCCCOCCCNCCc1c(Cl)cccc1Cl. The molecule has 0 aliphatic rings. The Morgan fingerprint density at radius 3 is 2.21 bits per heavy atom. The van der Waals surface area contributed by atoms with Gasteiger partial charge in [-0.05, 0) is 69.1 Å². The smallest absolute Gasteiger partial charge is 0.121 e. The number of para-hydroxylation sites is 1. The highest BCUT2D eigenvalue weighted by Crippen LogP contribution is 2.26. The maximum Gasteiger partial charge on any atom is 0.121 e. The Morgan fingerprint density at radius 1 is 0.765 bits per heavy atom. The van der Waals surface area contributed by atoms with E-state index in [1.165, 1.54) is 6.07 Å². The van der Waals surface area contributed by atoms with Crippen molar-refractivity contribution in [2.45, 2.75) is 50.7 Å². The third-order valence-corrected chi connectivity index (χ3v) is 6.33. The molecule has 0 saturated carbocycles. The maximum absolute atomic E-state index is 10.2. The number of ether oxygens (including phenoxy) is 1. The van der Waals surface area contributed by atoms with Gasteiger partial charge >= 0.3 is 0 Å². The summed E-state index contributed by atoms with van der Waals surface area (Å²) in [5, 5.41) is 38.0. The number of aliphatic hydroxyl groups excluding tert-OH is 2. The molecule has 2 aromatic carbocycles. The first kappa shape index (κ1) is 28.9. The number of benzene rings is 2. The normalized spacial score (nSPS) is 13.2. The second kappa shape index (κ2) is 17.1. The molecule has 0 bridgehead atoms. The fourth-order valence-corrected chi connectivity index (χ4v) is 4.21. The first-order chi connectivity index (χ1) is 16.5. The number of hydrogen-bond donors (Lipinski definition) is 5. The van der Waals surface area contributed by atoms with Gasteiger partial charge in [-0.2, -0.15) is 0 Å². The molecule has 8 heteroatoms. The van der Waals surface area contributed by atoms with Crippen LogP contribution in [-0.2, 0) is 11.2 Å². The zero-order valence-electron chi connectivity index (χ0n) is 19.7. The number of rotatable bonds is 18. The van der Waals surface area contributed by atoms with Crippen LogP contribution in [0.4, 0.5) is 0 Å². The standard InChI is InChI=1S/C26H38Cl2N2O4/c27-22-10-7-11-23(28)20(22)13-16-29-15-8-18-34-17-6-2-1-5-14-30-19-25(32)26(33)21-9-3-4-12-24(21)31/h3-4,7,9-12,25-26,29-33H,1-2,5-6,8,13-19H2. The zero-order valence-corrected chi connectivity index (χ0v) is 21.2. The molecule has 0 radical (unpaired) electrons. The fourth-order valence-electron chi connectivity index (χ4n) is 3.63. The summed E-state index contributed by atoms with van der Waals surface area (Å²) in [6, 6.07) is 12.1. The molecule has 0 heterocycles. The lowest BCUT2D eigenvalue weighted by atomic mass is 10.0. The Kier molecular flexibility index (Phi) is 14.5. The van der Waals surface area contributed by atoms with Gasteiger partial charge in [-0.25, -0.2) is 0 Å². The van der Waals surface area contributed by atoms with Gasteiger partial charge in [0, 0.05) is 35.4 Å². The summed E-state index contributed by atoms with van der Waals surface area (Å²) in [6.45, 7) is 4.31. The first-order valence-corrected chi connectivity index (χ1v) is 12.8. The second-order valence-electron chi connectivity index (χ2n) is 8.36. The highest BCUT2D eigenvalue weighted by molar-refractivity contribution is 6.35. The second-order valence-corrected chi connectivity index (χ2v) is 9.17. The van der Waals surface area contributed by atoms with Gasteiger partial charge in [-0.3, -0.25) is 0 Å². The van der Waals surface area contributed by atoms with Crippen LogP contribution in [0.15, 0.2) is 42.5 Å². The van der Waals surface area contributed by atoms with Crippen LogP contribution in [0.2, 0.25) is 10.0 Å². The predicted molar refractivity (Wildman–Crippen MR) is 139 cm³/mol. The average Bonchev–Trinajstić information content (AvgIpc) is 2.82. The highest BCUT2D eigenvalue weighted by atomic mass is 35.5. The molecule has 34 heavy (non-hydrogen) atoms. The molecular formula is C26H38Cl2N2O4. The van der Waals surface area contributed by atoms with Crippen molar-refractivity contribution in [3.63, 3.8) is 0 Å². The number of hydrogen-bond acceptors (Lipinski definition) is 6. The van der Waals surface area contributed by atoms with E-state index in [0.29, 0.717) is 15.6 Å². The number of nitrogens with one attached hydrogen (secondary N) is 2. The van der Waals surface area contributed by atoms with E-state index in [1.54, 1.807) is 18.2 Å². The third-order valence-electron chi connectivity index (χ3n) is 5.62. The highest BCUT2D eigenvalue weighted by Gasteiger charge is 2.20. The predicted octanol–water partition coefficient (Wildman–Crippen LogP) is 4.48. The zero-order chi connectivity index (χ0) is 24.6. The van der Waals surface area contributed by atoms with Crippen LogP contribution in [0.25, 0.3) is 0 Å². The van der Waals surface area contributed by atoms with Gasteiger partial charge in [-0.15, -0.1) is 0 Å². The van der Waals surface area contributed by atoms with Crippen LogP contribution in [-0.4, -0.2) is 60.8 Å². The van der Waals surface area contributed by atoms with Crippen molar-refractivity contribution in [2.24, 2.45) is 0 Å². The molecule has 6 nitrogen and oxygen atoms in total. The molecule has 0 aromatic heterocycles. The van der Waals surface area contributed by atoms with E-state index in [1.807, 2.05) is 18.2 Å². The summed E-state index contributed by atoms with van der Waals surface area (Å²) in [5.74, 6) is -0.00804. The molecule has 2 atom stereocenters. The molecule has 5 N–H and O–H groups in total. The van der Waals surface area contributed by atoms with Gasteiger partial charge in [0.1, 0.15) is 11.9 Å². The van der Waals surface area contributed by atoms with Crippen molar-refractivity contribution in [2.75, 3.05) is 39.4 Å². The van der Waals surface area contributed by atoms with Crippen molar-refractivity contribution in [3.05, 3.63) is 63.6 Å². The van der Waals surface area contributed by atoms with Crippen LogP contribution in [0.5, 0.6) is 5.75 Å². The third kappa shape index (κ3) is 10.9. The molecular weight excluding hydrogens is 475 g/mol. The Labute approximate surface area is 213 Å². The number of phenols is 1. The molecule has 190 valence electrons. The summed E-state index contributed by atoms with van der Waals surface area (Å²) in [6.07, 6.45) is 3.92. The van der Waals surface area contributed by atoms with Crippen molar-refractivity contribution in [1.29, 1.82) is 0 Å². The van der Waals surface area contributed by atoms with E-state index >= 15 is 0 Å². The van der Waals surface area contributed by atoms with Gasteiger partial charge in [0.25, 0.3) is 0 Å². The number of phenolic OH excluding ortho intramolecular Hbond substituents is 1. The maximum atomic E-state index is 10.2. The Balaban J connectivity index is 1.36. The van der Waals surface area contributed by atoms with Crippen molar-refractivity contribution >= 4 is 23.2 Å². The number of aliphatic hydroxyl groups is 2. The molecule has 0 aliphatic heterocycles. The summed E-state index contributed by atoms with van der Waals surface area (Å²) in [4.78, 5) is 0. The molecule has 0 amide bonds. The van der Waals surface area contributed by atoms with Crippen molar-refractivity contribution < 1.29 is 20.1 Å². The minimum absolute atomic E-state index is 0.00804. The van der Waals surface area contributed by atoms with Crippen LogP contribution in [0, 0.1) is 0 Å². The summed E-state index contributed by atoms with van der Waals surface area (Å²) in [7, 11) is 0. The number of aromatic hydroxyl groups is 1. The van der Waals surface area contributed by atoms with Gasteiger partial charge in [0.15, 0.2) is 0 Å². The molecule has 0 spiro atoms. The van der Waals surface area contributed by atoms with E-state index in [-0.39, 0.29) is 12.3 Å². The van der Waals surface area contributed by atoms with Crippen LogP contribution in [0.3, 0.4) is 0 Å². The monoisotopic (exact) mass is 512 g/mol. The van der Waals surface area contributed by atoms with Gasteiger partial charge in [0.2, 0.25) is 0 Å². The topological polar surface area (TPSA) is 94.0 Å².